The van der Waals surface area contributed by atoms with E-state index in [0.717, 1.165) is 21.2 Å². The Morgan fingerprint density at radius 2 is 2.00 bits per heavy atom. The zero-order valence-corrected chi connectivity index (χ0v) is 13.9. The molecule has 2 rings (SSSR count). The van der Waals surface area contributed by atoms with E-state index in [1.807, 2.05) is 24.3 Å². The molecular formula is C14H17N3O3Se. The van der Waals surface area contributed by atoms with Crippen LogP contribution < -0.4 is 9.33 Å². The van der Waals surface area contributed by atoms with Crippen LogP contribution in [0.2, 0.25) is 5.32 Å². The molecule has 0 aliphatic heterocycles. The van der Waals surface area contributed by atoms with E-state index in [1.165, 1.54) is 7.11 Å². The number of ether oxygens (including phenoxy) is 2. The first-order valence-corrected chi connectivity index (χ1v) is 8.53. The molecule has 0 fully saturated rings. The molecule has 2 aromatic rings. The summed E-state index contributed by atoms with van der Waals surface area (Å²) in [4.78, 5) is 11.7. The second-order valence-electron chi connectivity index (χ2n) is 4.17. The van der Waals surface area contributed by atoms with Crippen molar-refractivity contribution >= 4 is 25.5 Å². The van der Waals surface area contributed by atoms with Crippen LogP contribution in [0.25, 0.3) is 0 Å². The van der Waals surface area contributed by atoms with Crippen LogP contribution in [-0.2, 0) is 11.3 Å². The molecule has 6 nitrogen and oxygen atoms in total. The molecule has 0 radical (unpaired) electrons. The Hall–Kier alpha value is -1.85. The van der Waals surface area contributed by atoms with Gasteiger partial charge in [0.15, 0.2) is 0 Å². The fourth-order valence-electron chi connectivity index (χ4n) is 1.82. The standard InChI is InChI=1S/C14H17N3O3Se/c1-4-21-13-12(14(18)20-3)15-16-17(13)9-10-5-7-11(19-2)8-6-10/h5-8H,4,9H2,1-3H3. The van der Waals surface area contributed by atoms with E-state index in [2.05, 4.69) is 17.2 Å². The molecule has 0 N–H and O–H groups in total. The molecule has 112 valence electrons. The van der Waals surface area contributed by atoms with Crippen LogP contribution in [0.3, 0.4) is 0 Å². The number of esters is 1. The molecule has 0 aliphatic carbocycles. The van der Waals surface area contributed by atoms with Crippen molar-refractivity contribution in [2.45, 2.75) is 18.8 Å². The van der Waals surface area contributed by atoms with Gasteiger partial charge in [-0.2, -0.15) is 0 Å². The Labute approximate surface area is 129 Å². The van der Waals surface area contributed by atoms with Gasteiger partial charge in [-0.15, -0.1) is 0 Å². The van der Waals surface area contributed by atoms with Crippen LogP contribution in [-0.4, -0.2) is 50.1 Å². The number of hydrogen-bond acceptors (Lipinski definition) is 5. The number of carbonyl (C=O) groups is 1. The number of nitrogens with zero attached hydrogens (tertiary/aromatic N) is 3. The third-order valence-electron chi connectivity index (χ3n) is 2.84. The molecule has 0 atom stereocenters. The Kier molecular flexibility index (Phi) is 5.36. The average molecular weight is 354 g/mol. The first kappa shape index (κ1) is 15.5. The van der Waals surface area contributed by atoms with Crippen LogP contribution in [0, 0.1) is 0 Å². The number of aromatic nitrogens is 3. The van der Waals surface area contributed by atoms with Crippen molar-refractivity contribution in [1.82, 2.24) is 15.0 Å². The predicted molar refractivity (Wildman–Crippen MR) is 79.3 cm³/mol. The zero-order chi connectivity index (χ0) is 15.2. The Balaban J connectivity index is 2.25. The molecule has 0 saturated heterocycles. The van der Waals surface area contributed by atoms with Gasteiger partial charge in [-0.25, -0.2) is 0 Å². The first-order valence-electron chi connectivity index (χ1n) is 6.47. The molecular weight excluding hydrogens is 337 g/mol. The summed E-state index contributed by atoms with van der Waals surface area (Å²) < 4.78 is 12.5. The van der Waals surface area contributed by atoms with Crippen molar-refractivity contribution in [3.63, 3.8) is 0 Å². The predicted octanol–water partition coefficient (Wildman–Crippen LogP) is 0.889. The summed E-state index contributed by atoms with van der Waals surface area (Å²) in [5.41, 5.74) is 1.40. The topological polar surface area (TPSA) is 66.2 Å². The molecule has 0 unspecified atom stereocenters. The van der Waals surface area contributed by atoms with Gasteiger partial charge in [0.1, 0.15) is 0 Å². The number of methoxy groups -OCH3 is 2. The molecule has 0 bridgehead atoms. The molecule has 1 heterocycles. The van der Waals surface area contributed by atoms with E-state index >= 15 is 0 Å². The number of hydrogen-bond donors (Lipinski definition) is 0. The van der Waals surface area contributed by atoms with Gasteiger partial charge in [0.05, 0.1) is 0 Å². The quantitative estimate of drug-likeness (QED) is 0.569. The summed E-state index contributed by atoms with van der Waals surface area (Å²) in [6.07, 6.45) is 0. The number of benzene rings is 1. The molecule has 21 heavy (non-hydrogen) atoms. The van der Waals surface area contributed by atoms with Gasteiger partial charge in [-0.05, 0) is 0 Å². The van der Waals surface area contributed by atoms with Crippen LogP contribution in [0.15, 0.2) is 24.3 Å². The summed E-state index contributed by atoms with van der Waals surface area (Å²) in [6.45, 7) is 2.65. The van der Waals surface area contributed by atoms with Gasteiger partial charge in [0.2, 0.25) is 0 Å². The SMILES string of the molecule is CC[Se]c1c(C(=O)OC)nnn1Cc1ccc(OC)cc1. The molecule has 0 amide bonds. The first-order chi connectivity index (χ1) is 10.2. The van der Waals surface area contributed by atoms with Crippen molar-refractivity contribution in [3.05, 3.63) is 35.5 Å². The maximum absolute atomic E-state index is 11.7. The van der Waals surface area contributed by atoms with E-state index in [4.69, 9.17) is 9.47 Å². The molecule has 7 heteroatoms. The second kappa shape index (κ2) is 7.24. The molecule has 0 spiro atoms. The van der Waals surface area contributed by atoms with Crippen LogP contribution >= 0.6 is 0 Å². The van der Waals surface area contributed by atoms with Gasteiger partial charge in [-0.1, -0.05) is 0 Å². The summed E-state index contributed by atoms with van der Waals surface area (Å²) in [5, 5.41) is 9.02. The maximum atomic E-state index is 11.7. The monoisotopic (exact) mass is 355 g/mol. The number of rotatable bonds is 6. The third kappa shape index (κ3) is 3.62. The van der Waals surface area contributed by atoms with E-state index in [9.17, 15) is 4.79 Å². The van der Waals surface area contributed by atoms with Gasteiger partial charge in [0.25, 0.3) is 0 Å². The van der Waals surface area contributed by atoms with Gasteiger partial charge in [0, 0.05) is 0 Å². The second-order valence-corrected chi connectivity index (χ2v) is 6.80. The fourth-order valence-corrected chi connectivity index (χ4v) is 3.46. The van der Waals surface area contributed by atoms with Crippen molar-refractivity contribution in [1.29, 1.82) is 0 Å². The van der Waals surface area contributed by atoms with Gasteiger partial charge >= 0.3 is 129 Å². The minimum atomic E-state index is -0.429. The minimum absolute atomic E-state index is 0.138. The van der Waals surface area contributed by atoms with E-state index < -0.39 is 5.97 Å². The summed E-state index contributed by atoms with van der Waals surface area (Å²) in [5.74, 6) is 0.381. The third-order valence-corrected chi connectivity index (χ3v) is 4.87. The van der Waals surface area contributed by atoms with Gasteiger partial charge < -0.3 is 0 Å². The fraction of sp³-hybridized carbons (Fsp3) is 0.357. The van der Waals surface area contributed by atoms with Crippen LogP contribution in [0.4, 0.5) is 0 Å². The van der Waals surface area contributed by atoms with Crippen LogP contribution in [0.5, 0.6) is 5.75 Å². The molecule has 1 aromatic heterocycles. The zero-order valence-electron chi connectivity index (χ0n) is 12.2. The van der Waals surface area contributed by atoms with Crippen molar-refractivity contribution < 1.29 is 14.3 Å². The summed E-state index contributed by atoms with van der Waals surface area (Å²) >= 11 is 0.138. The van der Waals surface area contributed by atoms with E-state index in [1.54, 1.807) is 11.8 Å². The number of carbonyl (C=O) groups excluding carboxylic acids is 1. The molecule has 1 aromatic carbocycles. The van der Waals surface area contributed by atoms with Crippen LogP contribution in [0.1, 0.15) is 23.0 Å². The van der Waals surface area contributed by atoms with Crippen molar-refractivity contribution in [2.75, 3.05) is 14.2 Å². The Bertz CT molecular complexity index is 610. The normalized spacial score (nSPS) is 10.4. The van der Waals surface area contributed by atoms with Crippen molar-refractivity contribution in [3.8, 4) is 5.75 Å². The van der Waals surface area contributed by atoms with Crippen molar-refractivity contribution in [2.24, 2.45) is 0 Å². The summed E-state index contributed by atoms with van der Waals surface area (Å²) in [6, 6.07) is 7.75. The Morgan fingerprint density at radius 1 is 1.29 bits per heavy atom. The van der Waals surface area contributed by atoms with E-state index in [0.29, 0.717) is 12.2 Å². The Morgan fingerprint density at radius 3 is 2.57 bits per heavy atom. The average Bonchev–Trinajstić information content (AvgIpc) is 2.90. The molecule has 0 saturated carbocycles. The molecule has 0 aliphatic rings. The van der Waals surface area contributed by atoms with Gasteiger partial charge in [-0.3, -0.25) is 0 Å². The van der Waals surface area contributed by atoms with E-state index in [-0.39, 0.29) is 15.0 Å². The summed E-state index contributed by atoms with van der Waals surface area (Å²) in [7, 11) is 2.99.